The molecule has 0 bridgehead atoms. The minimum Gasteiger partial charge on any atom is -0.479 e. The number of hydrogen-bond acceptors (Lipinski definition) is 14. The Morgan fingerprint density at radius 2 is 0.710 bits per heavy atom. The van der Waals surface area contributed by atoms with Crippen molar-refractivity contribution in [1.82, 2.24) is 0 Å². The van der Waals surface area contributed by atoms with Crippen molar-refractivity contribution in [2.24, 2.45) is 0 Å². The fourth-order valence-electron chi connectivity index (χ4n) is 1.74. The number of aliphatic hydroxyl groups is 12. The number of hydrogen-bond donors (Lipinski definition) is 14. The van der Waals surface area contributed by atoms with E-state index in [1.807, 2.05) is 0 Å². The fraction of sp³-hybridized carbons (Fsp3) is 0.857. The summed E-state index contributed by atoms with van der Waals surface area (Å²) in [4.78, 5) is 20.4. The van der Waals surface area contributed by atoms with Gasteiger partial charge in [0.25, 0.3) is 0 Å². The van der Waals surface area contributed by atoms with Gasteiger partial charge in [0.1, 0.15) is 48.8 Å². The molecular weight excluding hydrogens is 464 g/mol. The first-order valence-electron chi connectivity index (χ1n) is 8.13. The Kier molecular flexibility index (Phi) is 19.6. The third-order valence-electron chi connectivity index (χ3n) is 3.72. The molecule has 0 saturated heterocycles. The normalized spacial score (nSPS) is 20.8. The molecule has 0 rings (SSSR count). The molecule has 0 saturated carbocycles. The second-order valence-electron chi connectivity index (χ2n) is 6.01. The molecule has 182 valence electrons. The molecule has 0 spiro atoms. The Balaban J connectivity index is -0.000000490. The molecule has 0 fully saturated rings. The predicted octanol–water partition coefficient (Wildman–Crippen LogP) is -8.65. The zero-order chi connectivity index (χ0) is 24.3. The first-order valence-corrected chi connectivity index (χ1v) is 8.13. The first-order chi connectivity index (χ1) is 13.6. The van der Waals surface area contributed by atoms with Gasteiger partial charge in [-0.1, -0.05) is 0 Å². The molecule has 2 radical (unpaired) electrons. The second-order valence-corrected chi connectivity index (χ2v) is 6.01. The summed E-state index contributed by atoms with van der Waals surface area (Å²) in [5.74, 6) is -3.57. The van der Waals surface area contributed by atoms with E-state index in [-0.39, 0.29) is 37.7 Å². The van der Waals surface area contributed by atoms with Crippen molar-refractivity contribution < 1.29 is 81.1 Å². The van der Waals surface area contributed by atoms with Gasteiger partial charge in [0, 0.05) is 37.7 Å². The number of rotatable bonds is 12. The zero-order valence-electron chi connectivity index (χ0n) is 16.0. The van der Waals surface area contributed by atoms with Crippen molar-refractivity contribution >= 4 is 49.7 Å². The van der Waals surface area contributed by atoms with Crippen LogP contribution in [-0.2, 0) is 9.59 Å². The van der Waals surface area contributed by atoms with Crippen molar-refractivity contribution in [3.8, 4) is 0 Å². The number of aliphatic carboxylic acids is 2. The molecule has 17 heteroatoms. The standard InChI is InChI=1S/2C7H14O8.Ca/c2*8-1-2(9)3(10)4(11)5(12)6(13)7(14)15;/h2*2-6,8-13H,1H2,(H,14,15);. The van der Waals surface area contributed by atoms with Gasteiger partial charge in [0.05, 0.1) is 13.2 Å². The molecule has 0 aliphatic carbocycles. The summed E-state index contributed by atoms with van der Waals surface area (Å²) >= 11 is 0. The molecule has 10 atom stereocenters. The van der Waals surface area contributed by atoms with Crippen LogP contribution in [0, 0.1) is 0 Å². The van der Waals surface area contributed by atoms with E-state index in [2.05, 4.69) is 0 Å². The van der Waals surface area contributed by atoms with E-state index in [9.17, 15) is 9.59 Å². The van der Waals surface area contributed by atoms with E-state index in [0.717, 1.165) is 0 Å². The van der Waals surface area contributed by atoms with Crippen molar-refractivity contribution in [2.45, 2.75) is 61.0 Å². The summed E-state index contributed by atoms with van der Waals surface area (Å²) in [6.07, 6.45) is -20.5. The Labute approximate surface area is 204 Å². The fourth-order valence-corrected chi connectivity index (χ4v) is 1.74. The number of carboxylic acid groups (broad SMARTS) is 2. The monoisotopic (exact) mass is 492 g/mol. The molecule has 0 aromatic carbocycles. The Morgan fingerprint density at radius 3 is 0.871 bits per heavy atom. The van der Waals surface area contributed by atoms with Crippen LogP contribution in [0.3, 0.4) is 0 Å². The smallest absolute Gasteiger partial charge is 0.335 e. The second kappa shape index (κ2) is 17.2. The third kappa shape index (κ3) is 11.9. The van der Waals surface area contributed by atoms with Gasteiger partial charge in [-0.3, -0.25) is 0 Å². The van der Waals surface area contributed by atoms with Crippen LogP contribution >= 0.6 is 0 Å². The van der Waals surface area contributed by atoms with Crippen LogP contribution < -0.4 is 0 Å². The van der Waals surface area contributed by atoms with E-state index in [1.165, 1.54) is 0 Å². The molecular formula is C14H28CaO16. The molecule has 0 aromatic rings. The minimum absolute atomic E-state index is 0. The topological polar surface area (TPSA) is 317 Å². The van der Waals surface area contributed by atoms with E-state index in [1.54, 1.807) is 0 Å². The van der Waals surface area contributed by atoms with Gasteiger partial charge in [0.15, 0.2) is 12.2 Å². The van der Waals surface area contributed by atoms with E-state index in [4.69, 9.17) is 71.5 Å². The van der Waals surface area contributed by atoms with Crippen molar-refractivity contribution in [1.29, 1.82) is 0 Å². The van der Waals surface area contributed by atoms with Crippen molar-refractivity contribution in [3.05, 3.63) is 0 Å². The van der Waals surface area contributed by atoms with Gasteiger partial charge in [-0.2, -0.15) is 0 Å². The molecule has 10 unspecified atom stereocenters. The van der Waals surface area contributed by atoms with Gasteiger partial charge in [0.2, 0.25) is 0 Å². The molecule has 0 aliphatic heterocycles. The summed E-state index contributed by atoms with van der Waals surface area (Å²) in [6.45, 7) is -1.76. The van der Waals surface area contributed by atoms with Crippen LogP contribution in [0.5, 0.6) is 0 Å². The molecule has 16 nitrogen and oxygen atoms in total. The van der Waals surface area contributed by atoms with E-state index in [0.29, 0.717) is 0 Å². The molecule has 0 heterocycles. The summed E-state index contributed by atoms with van der Waals surface area (Å²) in [7, 11) is 0. The van der Waals surface area contributed by atoms with Crippen LogP contribution in [0.1, 0.15) is 0 Å². The Bertz CT molecular complexity index is 465. The SMILES string of the molecule is O=C(O)C(O)C(O)C(O)C(O)C(O)CO.O=C(O)C(O)C(O)C(O)C(O)C(O)CO.[Ca]. The van der Waals surface area contributed by atoms with Gasteiger partial charge in [-0.25, -0.2) is 9.59 Å². The molecule has 0 amide bonds. The largest absolute Gasteiger partial charge is 0.479 e. The summed E-state index contributed by atoms with van der Waals surface area (Å²) in [5, 5.41) is 123. The van der Waals surface area contributed by atoms with E-state index < -0.39 is 86.2 Å². The van der Waals surface area contributed by atoms with Crippen LogP contribution in [0.25, 0.3) is 0 Å². The predicted molar refractivity (Wildman–Crippen MR) is 95.3 cm³/mol. The van der Waals surface area contributed by atoms with Crippen LogP contribution in [0.15, 0.2) is 0 Å². The van der Waals surface area contributed by atoms with Gasteiger partial charge >= 0.3 is 11.9 Å². The summed E-state index contributed by atoms with van der Waals surface area (Å²) in [5.41, 5.74) is 0. The molecule has 14 N–H and O–H groups in total. The van der Waals surface area contributed by atoms with Gasteiger partial charge < -0.3 is 71.5 Å². The minimum atomic E-state index is -2.29. The maximum Gasteiger partial charge on any atom is 0.335 e. The van der Waals surface area contributed by atoms with Crippen molar-refractivity contribution in [3.63, 3.8) is 0 Å². The number of carbonyl (C=O) groups is 2. The molecule has 0 aromatic heterocycles. The van der Waals surface area contributed by atoms with Crippen LogP contribution in [-0.4, -0.2) is 195 Å². The van der Waals surface area contributed by atoms with Crippen LogP contribution in [0.4, 0.5) is 0 Å². The maximum atomic E-state index is 10.2. The van der Waals surface area contributed by atoms with E-state index >= 15 is 0 Å². The Morgan fingerprint density at radius 1 is 0.484 bits per heavy atom. The average molecular weight is 492 g/mol. The van der Waals surface area contributed by atoms with Gasteiger partial charge in [-0.15, -0.1) is 0 Å². The molecule has 31 heavy (non-hydrogen) atoms. The van der Waals surface area contributed by atoms with Crippen LogP contribution in [0.2, 0.25) is 0 Å². The number of aliphatic hydroxyl groups excluding tert-OH is 12. The Hall–Kier alpha value is -0.280. The number of carboxylic acids is 2. The third-order valence-corrected chi connectivity index (χ3v) is 3.72. The van der Waals surface area contributed by atoms with Crippen molar-refractivity contribution in [2.75, 3.05) is 13.2 Å². The zero-order valence-corrected chi connectivity index (χ0v) is 18.2. The molecule has 0 aliphatic rings. The summed E-state index contributed by atoms with van der Waals surface area (Å²) in [6, 6.07) is 0. The maximum absolute atomic E-state index is 10.2. The average Bonchev–Trinajstić information content (AvgIpc) is 2.73. The summed E-state index contributed by atoms with van der Waals surface area (Å²) < 4.78 is 0. The van der Waals surface area contributed by atoms with Gasteiger partial charge in [-0.05, 0) is 0 Å². The first kappa shape index (κ1) is 35.3. The quantitative estimate of drug-likeness (QED) is 0.112.